The van der Waals surface area contributed by atoms with Gasteiger partial charge in [-0.05, 0) is 162 Å². The van der Waals surface area contributed by atoms with Crippen LogP contribution in [-0.2, 0) is 35.8 Å². The Hall–Kier alpha value is -3.37. The molecule has 1 N–H and O–H groups in total. The number of hydrogen-bond donors (Lipinski definition) is 1. The summed E-state index contributed by atoms with van der Waals surface area (Å²) < 4.78 is 69.4. The predicted octanol–water partition coefficient (Wildman–Crippen LogP) is 13.2. The van der Waals surface area contributed by atoms with Crippen molar-refractivity contribution in [2.75, 3.05) is 20.1 Å². The van der Waals surface area contributed by atoms with Gasteiger partial charge in [0.05, 0.1) is 42.6 Å². The van der Waals surface area contributed by atoms with Crippen LogP contribution in [0.5, 0.6) is 0 Å². The van der Waals surface area contributed by atoms with E-state index in [9.17, 15) is 13.0 Å². The Morgan fingerprint density at radius 3 is 1.80 bits per heavy atom. The maximum Gasteiger partial charge on any atom is 0.304 e. The number of fused-ring (bicyclic) bond motifs is 6. The van der Waals surface area contributed by atoms with E-state index in [0.717, 1.165) is 58.8 Å². The highest BCUT2D eigenvalue weighted by molar-refractivity contribution is 7.88. The maximum absolute atomic E-state index is 16.2. The molecule has 6 aromatic rings. The van der Waals surface area contributed by atoms with Gasteiger partial charge in [-0.2, -0.15) is 18.6 Å². The average Bonchev–Trinajstić information content (AvgIpc) is 3.96. The molecule has 0 radical (unpaired) electrons. The van der Waals surface area contributed by atoms with E-state index in [2.05, 4.69) is 16.3 Å². The van der Waals surface area contributed by atoms with Crippen molar-refractivity contribution in [3.8, 4) is 32.5 Å². The van der Waals surface area contributed by atoms with Crippen LogP contribution < -0.4 is 0 Å². The topological polar surface area (TPSA) is 93.3 Å². The van der Waals surface area contributed by atoms with Crippen LogP contribution in [0, 0.1) is 0 Å². The van der Waals surface area contributed by atoms with Crippen molar-refractivity contribution in [1.29, 1.82) is 0 Å². The van der Waals surface area contributed by atoms with E-state index in [4.69, 9.17) is 56.6 Å². The number of nitrogens with zero attached hydrogens (tertiary/aromatic N) is 5. The normalized spacial score (nSPS) is 14.5. The van der Waals surface area contributed by atoms with Gasteiger partial charge in [-0.25, -0.2) is 18.1 Å². The van der Waals surface area contributed by atoms with E-state index < -0.39 is 15.9 Å². The molecule has 4 aromatic heterocycles. The average molecular weight is 950 g/mol. The van der Waals surface area contributed by atoms with Crippen LogP contribution in [0.4, 0.5) is 8.78 Å². The minimum atomic E-state index is -4.45. The van der Waals surface area contributed by atoms with Crippen molar-refractivity contribution in [2.45, 2.75) is 68.4 Å². The van der Waals surface area contributed by atoms with Crippen LogP contribution >= 0.6 is 69.1 Å². The van der Waals surface area contributed by atoms with E-state index in [1.807, 2.05) is 13.1 Å². The molecule has 8 rings (SSSR count). The van der Waals surface area contributed by atoms with Gasteiger partial charge < -0.3 is 4.90 Å². The number of thiophene rings is 2. The summed E-state index contributed by atoms with van der Waals surface area (Å²) in [6.45, 7) is 1.42. The van der Waals surface area contributed by atoms with Gasteiger partial charge in [0.25, 0.3) is 0 Å². The Morgan fingerprint density at radius 1 is 0.767 bits per heavy atom. The number of aromatic nitrogens is 4. The number of unbranched alkanes of at least 4 members (excludes halogenated alkanes) is 2. The van der Waals surface area contributed by atoms with E-state index in [1.165, 1.54) is 17.7 Å². The summed E-state index contributed by atoms with van der Waals surface area (Å²) in [4.78, 5) is 3.82. The highest BCUT2D eigenvalue weighted by Crippen LogP contribution is 2.45. The number of hydrogen-bond acceptors (Lipinski definition) is 7. The fourth-order valence-electron chi connectivity index (χ4n) is 7.93. The van der Waals surface area contributed by atoms with E-state index in [-0.39, 0.29) is 15.7 Å². The number of halogens is 6. The summed E-state index contributed by atoms with van der Waals surface area (Å²) in [5.74, 6) is -0.839. The van der Waals surface area contributed by atoms with Gasteiger partial charge in [0.1, 0.15) is 27.3 Å². The number of benzene rings is 2. The molecule has 17 heteroatoms. The quantitative estimate of drug-likeness (QED) is 0.0916. The smallest absolute Gasteiger partial charge is 0.304 e. The summed E-state index contributed by atoms with van der Waals surface area (Å²) in [6.07, 6.45) is 9.69. The molecule has 0 unspecified atom stereocenters. The van der Waals surface area contributed by atoms with Crippen LogP contribution in [0.15, 0.2) is 70.3 Å². The third-order valence-electron chi connectivity index (χ3n) is 10.8. The molecule has 4 heterocycles. The molecule has 0 saturated heterocycles. The summed E-state index contributed by atoms with van der Waals surface area (Å²) >= 11 is 28.2. The second-order valence-electron chi connectivity index (χ2n) is 14.9. The van der Waals surface area contributed by atoms with Gasteiger partial charge in [-0.3, -0.25) is 4.55 Å². The van der Waals surface area contributed by atoms with Crippen molar-refractivity contribution in [3.05, 3.63) is 120 Å². The summed E-state index contributed by atoms with van der Waals surface area (Å²) in [5.41, 5.74) is 6.53. The zero-order valence-electron chi connectivity index (χ0n) is 32.3. The summed E-state index contributed by atoms with van der Waals surface area (Å²) in [6, 6.07) is 13.8. The van der Waals surface area contributed by atoms with Crippen molar-refractivity contribution in [1.82, 2.24) is 24.5 Å². The Balaban J connectivity index is 0.936. The Bertz CT molecular complexity index is 2770. The standard InChI is InChI=1S/C43H39Cl4F2N5O3S3/c1-52(19-4-2-12-33(48)38-29-10-6-8-25-18-21-58-42(25)40(29)53(50-38)35-16-14-27(44)23-31(35)46)20-5-3-13-34(49)39-30-11-7-9-26-22-37(60(55,56)57)59-43(26)41(30)54(51-39)36-17-15-28(45)24-32(36)47/h12-18,21-24H,2-11,19-20H2,1H3,(H,55,56,57)/b33-12-,34-13-. The van der Waals surface area contributed by atoms with Crippen LogP contribution in [0.1, 0.15) is 72.2 Å². The first-order valence-electron chi connectivity index (χ1n) is 19.5. The van der Waals surface area contributed by atoms with Gasteiger partial charge in [-0.15, -0.1) is 22.7 Å². The molecule has 60 heavy (non-hydrogen) atoms. The van der Waals surface area contributed by atoms with Gasteiger partial charge in [0, 0.05) is 21.2 Å². The summed E-state index contributed by atoms with van der Waals surface area (Å²) in [5, 5.41) is 13.2. The molecule has 0 spiro atoms. The van der Waals surface area contributed by atoms with Gasteiger partial charge in [-0.1, -0.05) is 46.4 Å². The lowest BCUT2D eigenvalue weighted by Crippen LogP contribution is -2.20. The van der Waals surface area contributed by atoms with Crippen molar-refractivity contribution < 1.29 is 21.8 Å². The Morgan fingerprint density at radius 2 is 1.28 bits per heavy atom. The van der Waals surface area contributed by atoms with Crippen LogP contribution in [-0.4, -0.2) is 57.6 Å². The first-order valence-corrected chi connectivity index (χ1v) is 24.2. The van der Waals surface area contributed by atoms with Crippen LogP contribution in [0.2, 0.25) is 20.1 Å². The SMILES string of the molecule is CN(CCC/C=C(\F)c1nn(-c2ccc(Cl)cc2Cl)c2c1CCCc1ccsc1-2)CCC/C=C(\F)c1nn(-c2ccc(Cl)cc2Cl)c2c1CCCc1cc(S(=O)(=O)O)sc1-2. The van der Waals surface area contributed by atoms with Crippen molar-refractivity contribution in [3.63, 3.8) is 0 Å². The third-order valence-corrected chi connectivity index (χ3v) is 15.3. The molecule has 0 amide bonds. The molecule has 2 aliphatic carbocycles. The number of rotatable bonds is 13. The van der Waals surface area contributed by atoms with Crippen LogP contribution in [0.25, 0.3) is 44.2 Å². The fourth-order valence-corrected chi connectivity index (χ4v) is 11.9. The molecule has 2 aliphatic rings. The van der Waals surface area contributed by atoms with Gasteiger partial charge in [0.2, 0.25) is 0 Å². The van der Waals surface area contributed by atoms with Crippen molar-refractivity contribution >= 4 is 90.8 Å². The molecular formula is C43H39Cl4F2N5O3S3. The van der Waals surface area contributed by atoms with E-state index in [1.54, 1.807) is 57.1 Å². The highest BCUT2D eigenvalue weighted by Gasteiger charge is 2.31. The zero-order valence-corrected chi connectivity index (χ0v) is 37.8. The van der Waals surface area contributed by atoms with E-state index in [0.29, 0.717) is 105 Å². The monoisotopic (exact) mass is 947 g/mol. The Kier molecular flexibility index (Phi) is 13.1. The molecule has 0 aliphatic heterocycles. The molecule has 0 bridgehead atoms. The molecule has 314 valence electrons. The molecule has 0 fully saturated rings. The molecular weight excluding hydrogens is 911 g/mol. The zero-order chi connectivity index (χ0) is 42.3. The molecule has 0 saturated carbocycles. The first-order chi connectivity index (χ1) is 28.8. The van der Waals surface area contributed by atoms with Crippen molar-refractivity contribution in [2.24, 2.45) is 0 Å². The second-order valence-corrected chi connectivity index (χ2v) is 20.2. The van der Waals surface area contributed by atoms with Gasteiger partial charge >= 0.3 is 10.1 Å². The second kappa shape index (κ2) is 18.2. The van der Waals surface area contributed by atoms with Gasteiger partial charge in [0.15, 0.2) is 0 Å². The number of aryl methyl sites for hydroxylation is 2. The largest absolute Gasteiger partial charge is 0.306 e. The van der Waals surface area contributed by atoms with Crippen LogP contribution in [0.3, 0.4) is 0 Å². The molecule has 8 nitrogen and oxygen atoms in total. The fraction of sp³-hybridized carbons (Fsp3) is 0.302. The molecule has 2 aromatic carbocycles. The lowest BCUT2D eigenvalue weighted by molar-refractivity contribution is 0.326. The third kappa shape index (κ3) is 8.93. The lowest BCUT2D eigenvalue weighted by atomic mass is 10.1. The summed E-state index contributed by atoms with van der Waals surface area (Å²) in [7, 11) is -2.46. The van der Waals surface area contributed by atoms with E-state index >= 15 is 8.78 Å². The molecule has 0 atom stereocenters. The number of allylic oxidation sites excluding steroid dienone is 2. The lowest BCUT2D eigenvalue weighted by Gasteiger charge is -2.15. The maximum atomic E-state index is 16.2. The Labute approximate surface area is 375 Å². The minimum Gasteiger partial charge on any atom is -0.306 e. The minimum absolute atomic E-state index is 0.168. The predicted molar refractivity (Wildman–Crippen MR) is 242 cm³/mol. The first kappa shape index (κ1) is 43.3. The highest BCUT2D eigenvalue weighted by atomic mass is 35.5.